The molecule has 0 radical (unpaired) electrons. The van der Waals surface area contributed by atoms with E-state index in [-0.39, 0.29) is 23.5 Å². The highest BCUT2D eigenvalue weighted by Gasteiger charge is 2.29. The third-order valence-electron chi connectivity index (χ3n) is 4.73. The number of amides is 2. The number of hydrogen-bond acceptors (Lipinski definition) is 5. The lowest BCUT2D eigenvalue weighted by Gasteiger charge is -2.27. The van der Waals surface area contributed by atoms with Crippen molar-refractivity contribution in [1.82, 2.24) is 9.62 Å². The van der Waals surface area contributed by atoms with Crippen LogP contribution in [-0.2, 0) is 19.6 Å². The number of nitrogens with zero attached hydrogens (tertiary/aromatic N) is 1. The van der Waals surface area contributed by atoms with Gasteiger partial charge in [0, 0.05) is 18.7 Å². The third-order valence-corrected chi connectivity index (χ3v) is 6.77. The minimum Gasteiger partial charge on any atom is -0.379 e. The first-order chi connectivity index (χ1) is 13.8. The number of benzene rings is 2. The number of aryl methyl sites for hydroxylation is 1. The predicted octanol–water partition coefficient (Wildman–Crippen LogP) is 0.972. The van der Waals surface area contributed by atoms with Crippen LogP contribution in [0.5, 0.6) is 0 Å². The van der Waals surface area contributed by atoms with Crippen LogP contribution < -0.4 is 11.1 Å². The molecule has 8 nitrogen and oxygen atoms in total. The van der Waals surface area contributed by atoms with E-state index < -0.39 is 27.9 Å². The highest BCUT2D eigenvalue weighted by molar-refractivity contribution is 7.89. The van der Waals surface area contributed by atoms with Crippen molar-refractivity contribution in [1.29, 1.82) is 0 Å². The molecular weight excluding hydrogens is 394 g/mol. The summed E-state index contributed by atoms with van der Waals surface area (Å²) in [6.45, 7) is 2.85. The molecule has 2 aromatic rings. The molecule has 1 heterocycles. The molecule has 0 bridgehead atoms. The minimum atomic E-state index is -3.76. The maximum absolute atomic E-state index is 13.0. The zero-order chi connectivity index (χ0) is 21.0. The Hall–Kier alpha value is -2.75. The first-order valence-electron chi connectivity index (χ1n) is 9.14. The molecule has 1 unspecified atom stereocenters. The highest BCUT2D eigenvalue weighted by Crippen LogP contribution is 2.23. The first kappa shape index (κ1) is 21.0. The number of hydrogen-bond donors (Lipinski definition) is 2. The van der Waals surface area contributed by atoms with Crippen molar-refractivity contribution < 1.29 is 22.7 Å². The first-order valence-corrected chi connectivity index (χ1v) is 10.6. The summed E-state index contributed by atoms with van der Waals surface area (Å²) in [7, 11) is -3.76. The molecule has 1 fully saturated rings. The standard InChI is InChI=1S/C20H23N3O5S/c1-14-7-8-16(13-17(14)29(26,27)23-9-11-28-12-10-23)20(25)22-18(19(21)24)15-5-3-2-4-6-15/h2-8,13,18H,9-12H2,1H3,(H2,21,24)(H,22,25). The maximum Gasteiger partial charge on any atom is 0.252 e. The van der Waals surface area contributed by atoms with E-state index in [1.165, 1.54) is 16.4 Å². The number of carbonyl (C=O) groups excluding carboxylic acids is 2. The number of ether oxygens (including phenoxy) is 1. The summed E-state index contributed by atoms with van der Waals surface area (Å²) in [5.41, 5.74) is 6.65. The van der Waals surface area contributed by atoms with E-state index in [1.807, 2.05) is 0 Å². The lowest BCUT2D eigenvalue weighted by molar-refractivity contribution is -0.120. The molecule has 0 aliphatic carbocycles. The van der Waals surface area contributed by atoms with Crippen LogP contribution in [0, 0.1) is 6.92 Å². The SMILES string of the molecule is Cc1ccc(C(=O)NC(C(N)=O)c2ccccc2)cc1S(=O)(=O)N1CCOCC1. The van der Waals surface area contributed by atoms with E-state index in [4.69, 9.17) is 10.5 Å². The molecule has 0 aromatic heterocycles. The van der Waals surface area contributed by atoms with Crippen molar-refractivity contribution >= 4 is 21.8 Å². The molecular formula is C20H23N3O5S. The monoisotopic (exact) mass is 417 g/mol. The molecule has 2 amide bonds. The van der Waals surface area contributed by atoms with Gasteiger partial charge in [-0.25, -0.2) is 8.42 Å². The Bertz CT molecular complexity index is 1000. The molecule has 1 aliphatic heterocycles. The van der Waals surface area contributed by atoms with Gasteiger partial charge in [0.25, 0.3) is 5.91 Å². The van der Waals surface area contributed by atoms with Gasteiger partial charge in [0.1, 0.15) is 6.04 Å². The molecule has 9 heteroatoms. The summed E-state index contributed by atoms with van der Waals surface area (Å²) in [5, 5.41) is 2.58. The quantitative estimate of drug-likeness (QED) is 0.726. The summed E-state index contributed by atoms with van der Waals surface area (Å²) in [5.74, 6) is -1.30. The second-order valence-electron chi connectivity index (χ2n) is 6.72. The molecule has 0 saturated carbocycles. The molecule has 1 aliphatic rings. The zero-order valence-corrected chi connectivity index (χ0v) is 16.8. The predicted molar refractivity (Wildman–Crippen MR) is 107 cm³/mol. The number of morpholine rings is 1. The minimum absolute atomic E-state index is 0.0578. The van der Waals surface area contributed by atoms with Gasteiger partial charge in [-0.2, -0.15) is 4.31 Å². The van der Waals surface area contributed by atoms with Crippen molar-refractivity contribution in [2.75, 3.05) is 26.3 Å². The van der Waals surface area contributed by atoms with Crippen LogP contribution in [-0.4, -0.2) is 50.8 Å². The largest absolute Gasteiger partial charge is 0.379 e. The zero-order valence-electron chi connectivity index (χ0n) is 16.0. The van der Waals surface area contributed by atoms with Crippen LogP contribution in [0.15, 0.2) is 53.4 Å². The van der Waals surface area contributed by atoms with E-state index in [0.29, 0.717) is 24.3 Å². The fourth-order valence-electron chi connectivity index (χ4n) is 3.12. The van der Waals surface area contributed by atoms with Crippen LogP contribution in [0.1, 0.15) is 27.5 Å². The highest BCUT2D eigenvalue weighted by atomic mass is 32.2. The fourth-order valence-corrected chi connectivity index (χ4v) is 4.78. The van der Waals surface area contributed by atoms with E-state index in [0.717, 1.165) is 0 Å². The molecule has 1 atom stereocenters. The van der Waals surface area contributed by atoms with Gasteiger partial charge in [-0.1, -0.05) is 36.4 Å². The normalized spacial score (nSPS) is 16.2. The topological polar surface area (TPSA) is 119 Å². The molecule has 1 saturated heterocycles. The Labute approximate surface area is 169 Å². The van der Waals surface area contributed by atoms with Gasteiger partial charge >= 0.3 is 0 Å². The van der Waals surface area contributed by atoms with Crippen molar-refractivity contribution in [3.8, 4) is 0 Å². The van der Waals surface area contributed by atoms with E-state index in [9.17, 15) is 18.0 Å². The number of sulfonamides is 1. The van der Waals surface area contributed by atoms with Crippen molar-refractivity contribution in [2.45, 2.75) is 17.9 Å². The lowest BCUT2D eigenvalue weighted by atomic mass is 10.1. The summed E-state index contributed by atoms with van der Waals surface area (Å²) < 4.78 is 32.6. The van der Waals surface area contributed by atoms with Crippen molar-refractivity contribution in [3.63, 3.8) is 0 Å². The number of carbonyl (C=O) groups is 2. The van der Waals surface area contributed by atoms with Crippen molar-refractivity contribution in [3.05, 3.63) is 65.2 Å². The van der Waals surface area contributed by atoms with E-state index in [2.05, 4.69) is 5.32 Å². The Morgan fingerprint density at radius 3 is 2.38 bits per heavy atom. The molecule has 154 valence electrons. The summed E-state index contributed by atoms with van der Waals surface area (Å²) in [6, 6.07) is 12.0. The van der Waals surface area contributed by atoms with Crippen LogP contribution in [0.2, 0.25) is 0 Å². The number of rotatable bonds is 6. The van der Waals surface area contributed by atoms with Crippen LogP contribution in [0.25, 0.3) is 0 Å². The van der Waals surface area contributed by atoms with Gasteiger partial charge in [0.2, 0.25) is 15.9 Å². The summed E-state index contributed by atoms with van der Waals surface area (Å²) in [4.78, 5) is 24.7. The number of nitrogens with one attached hydrogen (secondary N) is 1. The smallest absolute Gasteiger partial charge is 0.252 e. The van der Waals surface area contributed by atoms with Crippen LogP contribution in [0.3, 0.4) is 0 Å². The number of primary amides is 1. The fraction of sp³-hybridized carbons (Fsp3) is 0.300. The maximum atomic E-state index is 13.0. The molecule has 3 N–H and O–H groups in total. The van der Waals surface area contributed by atoms with Gasteiger partial charge in [0.15, 0.2) is 0 Å². The van der Waals surface area contributed by atoms with Gasteiger partial charge < -0.3 is 15.8 Å². The van der Waals surface area contributed by atoms with Gasteiger partial charge in [0.05, 0.1) is 18.1 Å². The number of nitrogens with two attached hydrogens (primary N) is 1. The molecule has 29 heavy (non-hydrogen) atoms. The Balaban J connectivity index is 1.88. The lowest BCUT2D eigenvalue weighted by Crippen LogP contribution is -2.41. The molecule has 3 rings (SSSR count). The average Bonchev–Trinajstić information content (AvgIpc) is 2.73. The van der Waals surface area contributed by atoms with Crippen molar-refractivity contribution in [2.24, 2.45) is 5.73 Å². The van der Waals surface area contributed by atoms with Gasteiger partial charge in [-0.15, -0.1) is 0 Å². The molecule has 0 spiro atoms. The Morgan fingerprint density at radius 2 is 1.76 bits per heavy atom. The summed E-state index contributed by atoms with van der Waals surface area (Å²) >= 11 is 0. The van der Waals surface area contributed by atoms with Gasteiger partial charge in [-0.3, -0.25) is 9.59 Å². The van der Waals surface area contributed by atoms with E-state index >= 15 is 0 Å². The Kier molecular flexibility index (Phi) is 6.31. The van der Waals surface area contributed by atoms with E-state index in [1.54, 1.807) is 43.3 Å². The molecule has 2 aromatic carbocycles. The third kappa shape index (κ3) is 4.64. The average molecular weight is 417 g/mol. The second-order valence-corrected chi connectivity index (χ2v) is 8.62. The Morgan fingerprint density at radius 1 is 1.10 bits per heavy atom. The second kappa shape index (κ2) is 8.73. The van der Waals surface area contributed by atoms with Crippen LogP contribution >= 0.6 is 0 Å². The summed E-state index contributed by atoms with van der Waals surface area (Å²) in [6.07, 6.45) is 0. The van der Waals surface area contributed by atoms with Gasteiger partial charge in [-0.05, 0) is 30.2 Å². The van der Waals surface area contributed by atoms with Crippen LogP contribution in [0.4, 0.5) is 0 Å².